The molecule has 0 aliphatic heterocycles. The van der Waals surface area contributed by atoms with Crippen LogP contribution in [0.4, 0.5) is 0 Å². The molecule has 0 heteroatoms. The van der Waals surface area contributed by atoms with Gasteiger partial charge in [0, 0.05) is 0 Å². The third kappa shape index (κ3) is 8.58. The maximum atomic E-state index is 2.50. The first-order chi connectivity index (χ1) is 15.3. The van der Waals surface area contributed by atoms with Crippen molar-refractivity contribution < 1.29 is 0 Å². The first kappa shape index (κ1) is 24.9. The molecule has 0 saturated heterocycles. The summed E-state index contributed by atoms with van der Waals surface area (Å²) in [4.78, 5) is 0. The van der Waals surface area contributed by atoms with Crippen LogP contribution >= 0.6 is 0 Å². The van der Waals surface area contributed by atoms with Crippen LogP contribution in [0, 0.1) is 11.8 Å². The van der Waals surface area contributed by atoms with Crippen molar-refractivity contribution in [2.24, 2.45) is 11.8 Å². The number of benzene rings is 1. The first-order valence-corrected chi connectivity index (χ1v) is 14.4. The first-order valence-electron chi connectivity index (χ1n) is 14.4. The molecule has 2 aliphatic carbocycles. The summed E-state index contributed by atoms with van der Waals surface area (Å²) in [6.07, 6.45) is 27.5. The van der Waals surface area contributed by atoms with Crippen LogP contribution in [0.25, 0.3) is 0 Å². The Balaban J connectivity index is 1.34. The molecule has 31 heavy (non-hydrogen) atoms. The molecule has 0 unspecified atom stereocenters. The number of unbranched alkanes of at least 4 members (excludes halogenated alkanes) is 7. The maximum absolute atomic E-state index is 2.50. The molecule has 0 spiro atoms. The second kappa shape index (κ2) is 14.4. The van der Waals surface area contributed by atoms with Gasteiger partial charge in [0.2, 0.25) is 0 Å². The van der Waals surface area contributed by atoms with E-state index in [-0.39, 0.29) is 0 Å². The van der Waals surface area contributed by atoms with Gasteiger partial charge in [-0.3, -0.25) is 0 Å². The van der Waals surface area contributed by atoms with Gasteiger partial charge in [0.1, 0.15) is 0 Å². The van der Waals surface area contributed by atoms with Crippen molar-refractivity contribution >= 4 is 0 Å². The molecular weight excluding hydrogens is 372 g/mol. The highest BCUT2D eigenvalue weighted by molar-refractivity contribution is 5.28. The minimum Gasteiger partial charge on any atom is -0.0654 e. The van der Waals surface area contributed by atoms with Crippen molar-refractivity contribution in [3.63, 3.8) is 0 Å². The average molecular weight is 425 g/mol. The SMILES string of the molecule is CCCCCCCCC1CCC(c2ccc(C3CCC(CCCCC)CC3)cc2)CC1. The van der Waals surface area contributed by atoms with E-state index in [0.717, 1.165) is 23.7 Å². The summed E-state index contributed by atoms with van der Waals surface area (Å²) in [5.74, 6) is 3.72. The quantitative estimate of drug-likeness (QED) is 0.276. The Morgan fingerprint density at radius 1 is 0.484 bits per heavy atom. The van der Waals surface area contributed by atoms with Gasteiger partial charge in [-0.1, -0.05) is 109 Å². The molecule has 0 nitrogen and oxygen atoms in total. The van der Waals surface area contributed by atoms with Crippen molar-refractivity contribution in [1.82, 2.24) is 0 Å². The summed E-state index contributed by atoms with van der Waals surface area (Å²) in [5.41, 5.74) is 3.27. The predicted molar refractivity (Wildman–Crippen MR) is 138 cm³/mol. The molecule has 0 aromatic heterocycles. The van der Waals surface area contributed by atoms with Crippen LogP contribution in [0.1, 0.15) is 159 Å². The molecule has 0 heterocycles. The van der Waals surface area contributed by atoms with Gasteiger partial charge in [-0.25, -0.2) is 0 Å². The van der Waals surface area contributed by atoms with E-state index < -0.39 is 0 Å². The van der Waals surface area contributed by atoms with E-state index in [1.807, 2.05) is 0 Å². The zero-order valence-corrected chi connectivity index (χ0v) is 21.1. The van der Waals surface area contributed by atoms with Gasteiger partial charge < -0.3 is 0 Å². The molecule has 2 aliphatic rings. The van der Waals surface area contributed by atoms with E-state index in [1.54, 1.807) is 11.1 Å². The molecule has 0 radical (unpaired) electrons. The summed E-state index contributed by atoms with van der Waals surface area (Å²) in [5, 5.41) is 0. The van der Waals surface area contributed by atoms with Gasteiger partial charge in [0.15, 0.2) is 0 Å². The van der Waals surface area contributed by atoms with Gasteiger partial charge in [-0.05, 0) is 86.2 Å². The predicted octanol–water partition coefficient (Wildman–Crippen LogP) is 10.6. The molecule has 1 aromatic carbocycles. The van der Waals surface area contributed by atoms with E-state index >= 15 is 0 Å². The van der Waals surface area contributed by atoms with Gasteiger partial charge in [-0.2, -0.15) is 0 Å². The Morgan fingerprint density at radius 3 is 1.29 bits per heavy atom. The van der Waals surface area contributed by atoms with E-state index in [9.17, 15) is 0 Å². The Kier molecular flexibility index (Phi) is 11.5. The monoisotopic (exact) mass is 424 g/mol. The Morgan fingerprint density at radius 2 is 0.839 bits per heavy atom. The lowest BCUT2D eigenvalue weighted by Gasteiger charge is -2.30. The minimum absolute atomic E-state index is 0.837. The fourth-order valence-corrected chi connectivity index (χ4v) is 6.51. The molecule has 0 atom stereocenters. The second-order valence-electron chi connectivity index (χ2n) is 11.2. The van der Waals surface area contributed by atoms with Crippen LogP contribution < -0.4 is 0 Å². The minimum atomic E-state index is 0.837. The number of hydrogen-bond acceptors (Lipinski definition) is 0. The molecule has 1 aromatic rings. The summed E-state index contributed by atoms with van der Waals surface area (Å²) in [7, 11) is 0. The van der Waals surface area contributed by atoms with Crippen LogP contribution in [0.2, 0.25) is 0 Å². The van der Waals surface area contributed by atoms with E-state index in [0.29, 0.717) is 0 Å². The molecule has 2 fully saturated rings. The van der Waals surface area contributed by atoms with Crippen LogP contribution in [0.5, 0.6) is 0 Å². The molecule has 3 rings (SSSR count). The second-order valence-corrected chi connectivity index (χ2v) is 11.2. The highest BCUT2D eigenvalue weighted by atomic mass is 14.3. The van der Waals surface area contributed by atoms with Crippen LogP contribution in [-0.2, 0) is 0 Å². The fourth-order valence-electron chi connectivity index (χ4n) is 6.51. The summed E-state index contributed by atoms with van der Waals surface area (Å²) in [6.45, 7) is 4.63. The summed E-state index contributed by atoms with van der Waals surface area (Å²) >= 11 is 0. The van der Waals surface area contributed by atoms with Crippen LogP contribution in [0.15, 0.2) is 24.3 Å². The van der Waals surface area contributed by atoms with Gasteiger partial charge in [-0.15, -0.1) is 0 Å². The lowest BCUT2D eigenvalue weighted by Crippen LogP contribution is -2.14. The van der Waals surface area contributed by atoms with Crippen molar-refractivity contribution in [3.8, 4) is 0 Å². The standard InChI is InChI=1S/C31H52/c1-3-5-7-8-9-11-13-27-16-20-29(21-17-27)31-24-22-30(23-25-31)28-18-14-26(15-19-28)12-10-6-4-2/h22-29H,3-21H2,1-2H3. The lowest BCUT2D eigenvalue weighted by atomic mass is 9.75. The van der Waals surface area contributed by atoms with Crippen LogP contribution in [0.3, 0.4) is 0 Å². The zero-order valence-electron chi connectivity index (χ0n) is 21.1. The highest BCUT2D eigenvalue weighted by Crippen LogP contribution is 2.40. The largest absolute Gasteiger partial charge is 0.0654 e. The normalized spacial score (nSPS) is 26.8. The van der Waals surface area contributed by atoms with Crippen molar-refractivity contribution in [2.45, 2.75) is 148 Å². The van der Waals surface area contributed by atoms with Crippen molar-refractivity contribution in [2.75, 3.05) is 0 Å². The molecular formula is C31H52. The highest BCUT2D eigenvalue weighted by Gasteiger charge is 2.24. The smallest absolute Gasteiger partial charge is 0.0162 e. The molecule has 0 amide bonds. The topological polar surface area (TPSA) is 0 Å². The third-order valence-corrected chi connectivity index (χ3v) is 8.75. The van der Waals surface area contributed by atoms with Crippen molar-refractivity contribution in [1.29, 1.82) is 0 Å². The fraction of sp³-hybridized carbons (Fsp3) is 0.806. The Hall–Kier alpha value is -0.780. The third-order valence-electron chi connectivity index (χ3n) is 8.75. The van der Waals surface area contributed by atoms with Crippen molar-refractivity contribution in [3.05, 3.63) is 35.4 Å². The maximum Gasteiger partial charge on any atom is -0.0162 e. The molecule has 0 N–H and O–H groups in total. The summed E-state index contributed by atoms with van der Waals surface area (Å²) in [6, 6.07) is 10.0. The lowest BCUT2D eigenvalue weighted by molar-refractivity contribution is 0.300. The molecule has 0 bridgehead atoms. The van der Waals surface area contributed by atoms with E-state index in [1.165, 1.54) is 122 Å². The van der Waals surface area contributed by atoms with E-state index in [2.05, 4.69) is 38.1 Å². The van der Waals surface area contributed by atoms with Crippen LogP contribution in [-0.4, -0.2) is 0 Å². The average Bonchev–Trinajstić information content (AvgIpc) is 2.82. The van der Waals surface area contributed by atoms with Gasteiger partial charge in [0.25, 0.3) is 0 Å². The van der Waals surface area contributed by atoms with E-state index in [4.69, 9.17) is 0 Å². The Labute approximate surface area is 195 Å². The number of rotatable bonds is 13. The number of hydrogen-bond donors (Lipinski definition) is 0. The zero-order chi connectivity index (χ0) is 21.7. The van der Waals surface area contributed by atoms with Gasteiger partial charge >= 0.3 is 0 Å². The Bertz CT molecular complexity index is 554. The summed E-state index contributed by atoms with van der Waals surface area (Å²) < 4.78 is 0. The molecule has 176 valence electrons. The molecule has 2 saturated carbocycles. The van der Waals surface area contributed by atoms with Gasteiger partial charge in [0.05, 0.1) is 0 Å².